The van der Waals surface area contributed by atoms with Crippen molar-refractivity contribution in [3.8, 4) is 0 Å². The highest BCUT2D eigenvalue weighted by atomic mass is 16.5. The molecular formula is C13H28O2. The first-order valence-corrected chi connectivity index (χ1v) is 6.40. The van der Waals surface area contributed by atoms with Gasteiger partial charge in [0.2, 0.25) is 0 Å². The molecular weight excluding hydrogens is 188 g/mol. The van der Waals surface area contributed by atoms with Gasteiger partial charge in [-0.2, -0.15) is 0 Å². The zero-order valence-corrected chi connectivity index (χ0v) is 11.0. The minimum Gasteiger partial charge on any atom is -0.381 e. The Morgan fingerprint density at radius 1 is 0.867 bits per heavy atom. The molecule has 0 amide bonds. The number of rotatable bonds is 10. The summed E-state index contributed by atoms with van der Waals surface area (Å²) in [6.45, 7) is 11.9. The Hall–Kier alpha value is -0.0800. The fraction of sp³-hybridized carbons (Fsp3) is 1.00. The Morgan fingerprint density at radius 2 is 1.40 bits per heavy atom. The summed E-state index contributed by atoms with van der Waals surface area (Å²) in [5.74, 6) is 0. The van der Waals surface area contributed by atoms with Crippen LogP contribution in [0.2, 0.25) is 0 Å². The predicted molar refractivity (Wildman–Crippen MR) is 65.2 cm³/mol. The Kier molecular flexibility index (Phi) is 9.12. The van der Waals surface area contributed by atoms with Crippen LogP contribution in [0.3, 0.4) is 0 Å². The zero-order chi connectivity index (χ0) is 11.6. The highest BCUT2D eigenvalue weighted by molar-refractivity contribution is 4.77. The molecule has 0 aliphatic rings. The van der Waals surface area contributed by atoms with Crippen molar-refractivity contribution in [3.05, 3.63) is 0 Å². The highest BCUT2D eigenvalue weighted by Gasteiger charge is 2.28. The van der Waals surface area contributed by atoms with Crippen LogP contribution in [0.4, 0.5) is 0 Å². The molecule has 0 saturated carbocycles. The number of ether oxygens (including phenoxy) is 2. The van der Waals surface area contributed by atoms with Crippen LogP contribution in [0.5, 0.6) is 0 Å². The van der Waals surface area contributed by atoms with E-state index in [1.54, 1.807) is 0 Å². The van der Waals surface area contributed by atoms with E-state index in [1.807, 2.05) is 0 Å². The van der Waals surface area contributed by atoms with Crippen molar-refractivity contribution in [2.24, 2.45) is 5.41 Å². The van der Waals surface area contributed by atoms with Gasteiger partial charge < -0.3 is 9.47 Å². The van der Waals surface area contributed by atoms with Crippen LogP contribution in [0, 0.1) is 5.41 Å². The summed E-state index contributed by atoms with van der Waals surface area (Å²) in [6.07, 6.45) is 4.89. The summed E-state index contributed by atoms with van der Waals surface area (Å²) in [4.78, 5) is 0. The van der Waals surface area contributed by atoms with Crippen LogP contribution in [-0.2, 0) is 9.47 Å². The lowest BCUT2D eigenvalue weighted by atomic mass is 9.82. The summed E-state index contributed by atoms with van der Waals surface area (Å²) in [5, 5.41) is 0. The molecule has 2 nitrogen and oxygen atoms in total. The molecule has 0 rings (SSSR count). The van der Waals surface area contributed by atoms with Crippen LogP contribution in [-0.4, -0.2) is 26.4 Å². The van der Waals surface area contributed by atoms with Gasteiger partial charge in [0.05, 0.1) is 13.2 Å². The van der Waals surface area contributed by atoms with E-state index in [0.717, 1.165) is 32.8 Å². The normalized spacial score (nSPS) is 12.0. The quantitative estimate of drug-likeness (QED) is 0.555. The van der Waals surface area contributed by atoms with Gasteiger partial charge in [0.1, 0.15) is 0 Å². The van der Waals surface area contributed by atoms with Crippen molar-refractivity contribution < 1.29 is 9.47 Å². The molecule has 0 aliphatic carbocycles. The second-order valence-electron chi connectivity index (χ2n) is 4.23. The molecule has 0 fully saturated rings. The monoisotopic (exact) mass is 216 g/mol. The Morgan fingerprint density at radius 3 is 1.73 bits per heavy atom. The molecule has 0 aliphatic heterocycles. The van der Waals surface area contributed by atoms with Crippen LogP contribution in [0.15, 0.2) is 0 Å². The minimum absolute atomic E-state index is 0.252. The lowest BCUT2D eigenvalue weighted by Crippen LogP contribution is -2.32. The molecule has 0 aromatic rings. The third-order valence-corrected chi connectivity index (χ3v) is 3.04. The SMILES string of the molecule is CCCCC(CC)(COCC)COCC. The summed E-state index contributed by atoms with van der Waals surface area (Å²) in [7, 11) is 0. The van der Waals surface area contributed by atoms with Crippen LogP contribution >= 0.6 is 0 Å². The van der Waals surface area contributed by atoms with E-state index in [4.69, 9.17) is 9.47 Å². The van der Waals surface area contributed by atoms with Gasteiger partial charge in [-0.3, -0.25) is 0 Å². The van der Waals surface area contributed by atoms with Gasteiger partial charge in [0.15, 0.2) is 0 Å². The molecule has 0 unspecified atom stereocenters. The van der Waals surface area contributed by atoms with E-state index in [9.17, 15) is 0 Å². The molecule has 0 spiro atoms. The lowest BCUT2D eigenvalue weighted by molar-refractivity contribution is -0.0249. The zero-order valence-electron chi connectivity index (χ0n) is 11.0. The molecule has 0 heterocycles. The predicted octanol–water partition coefficient (Wildman–Crippen LogP) is 3.65. The van der Waals surface area contributed by atoms with Gasteiger partial charge in [-0.15, -0.1) is 0 Å². The van der Waals surface area contributed by atoms with Crippen molar-refractivity contribution in [1.29, 1.82) is 0 Å². The third kappa shape index (κ3) is 6.16. The molecule has 15 heavy (non-hydrogen) atoms. The summed E-state index contributed by atoms with van der Waals surface area (Å²) < 4.78 is 11.2. The first kappa shape index (κ1) is 14.9. The molecule has 0 radical (unpaired) electrons. The van der Waals surface area contributed by atoms with E-state index in [0.29, 0.717) is 0 Å². The summed E-state index contributed by atoms with van der Waals surface area (Å²) >= 11 is 0. The van der Waals surface area contributed by atoms with Crippen molar-refractivity contribution in [3.63, 3.8) is 0 Å². The summed E-state index contributed by atoms with van der Waals surface area (Å²) in [5.41, 5.74) is 0.252. The third-order valence-electron chi connectivity index (χ3n) is 3.04. The van der Waals surface area contributed by atoms with E-state index in [1.165, 1.54) is 19.3 Å². The number of hydrogen-bond acceptors (Lipinski definition) is 2. The maximum atomic E-state index is 5.60. The van der Waals surface area contributed by atoms with Gasteiger partial charge >= 0.3 is 0 Å². The second kappa shape index (κ2) is 9.17. The average Bonchev–Trinajstić information content (AvgIpc) is 2.29. The standard InChI is InChI=1S/C13H28O2/c1-5-9-10-13(6-2,11-14-7-3)12-15-8-4/h5-12H2,1-4H3. The van der Waals surface area contributed by atoms with Crippen LogP contribution in [0.1, 0.15) is 53.4 Å². The maximum absolute atomic E-state index is 5.60. The van der Waals surface area contributed by atoms with Gasteiger partial charge in [-0.1, -0.05) is 26.7 Å². The largest absolute Gasteiger partial charge is 0.381 e. The maximum Gasteiger partial charge on any atom is 0.0544 e. The van der Waals surface area contributed by atoms with Gasteiger partial charge in [-0.05, 0) is 26.7 Å². The van der Waals surface area contributed by atoms with Crippen molar-refractivity contribution >= 4 is 0 Å². The number of hydrogen-bond donors (Lipinski definition) is 0. The average molecular weight is 216 g/mol. The molecule has 0 aromatic carbocycles. The van der Waals surface area contributed by atoms with E-state index < -0.39 is 0 Å². The fourth-order valence-electron chi connectivity index (χ4n) is 1.76. The molecule has 0 aromatic heterocycles. The van der Waals surface area contributed by atoms with Gasteiger partial charge in [0, 0.05) is 18.6 Å². The Balaban J connectivity index is 4.16. The Bertz CT molecular complexity index is 113. The van der Waals surface area contributed by atoms with E-state index in [-0.39, 0.29) is 5.41 Å². The first-order valence-electron chi connectivity index (χ1n) is 6.40. The minimum atomic E-state index is 0.252. The molecule has 2 heteroatoms. The topological polar surface area (TPSA) is 18.5 Å². The number of unbranched alkanes of at least 4 members (excludes halogenated alkanes) is 1. The van der Waals surface area contributed by atoms with E-state index in [2.05, 4.69) is 27.7 Å². The molecule has 0 N–H and O–H groups in total. The lowest BCUT2D eigenvalue weighted by Gasteiger charge is -2.32. The highest BCUT2D eigenvalue weighted by Crippen LogP contribution is 2.29. The van der Waals surface area contributed by atoms with Gasteiger partial charge in [0.25, 0.3) is 0 Å². The second-order valence-corrected chi connectivity index (χ2v) is 4.23. The first-order chi connectivity index (χ1) is 7.24. The van der Waals surface area contributed by atoms with E-state index >= 15 is 0 Å². The van der Waals surface area contributed by atoms with Crippen molar-refractivity contribution in [2.45, 2.75) is 53.4 Å². The van der Waals surface area contributed by atoms with Gasteiger partial charge in [-0.25, -0.2) is 0 Å². The van der Waals surface area contributed by atoms with Crippen molar-refractivity contribution in [2.75, 3.05) is 26.4 Å². The summed E-state index contributed by atoms with van der Waals surface area (Å²) in [6, 6.07) is 0. The van der Waals surface area contributed by atoms with Crippen LogP contribution in [0.25, 0.3) is 0 Å². The molecule has 0 atom stereocenters. The molecule has 92 valence electrons. The van der Waals surface area contributed by atoms with Crippen molar-refractivity contribution in [1.82, 2.24) is 0 Å². The Labute approximate surface area is 95.3 Å². The van der Waals surface area contributed by atoms with Crippen LogP contribution < -0.4 is 0 Å². The smallest absolute Gasteiger partial charge is 0.0544 e. The molecule has 0 bridgehead atoms. The fourth-order valence-corrected chi connectivity index (χ4v) is 1.76. The molecule has 0 saturated heterocycles.